The number of carbonyl (C=O) groups is 1. The van der Waals surface area contributed by atoms with Crippen LogP contribution >= 0.6 is 11.6 Å². The van der Waals surface area contributed by atoms with E-state index in [0.717, 1.165) is 5.56 Å². The van der Waals surface area contributed by atoms with Gasteiger partial charge in [0.25, 0.3) is 11.5 Å². The van der Waals surface area contributed by atoms with Gasteiger partial charge >= 0.3 is 5.63 Å². The Hall–Kier alpha value is -3.71. The number of carbonyl (C=O) groups excluding carboxylic acids is 1. The van der Waals surface area contributed by atoms with Crippen LogP contribution in [-0.4, -0.2) is 22.2 Å². The van der Waals surface area contributed by atoms with Crippen molar-refractivity contribution in [1.29, 1.82) is 0 Å². The first-order valence-electron chi connectivity index (χ1n) is 9.66. The number of aromatic nitrogens is 2. The number of fused-ring (bicyclic) bond motifs is 1. The van der Waals surface area contributed by atoms with Gasteiger partial charge in [-0.05, 0) is 36.8 Å². The first kappa shape index (κ1) is 20.6. The molecule has 0 saturated carbocycles. The summed E-state index contributed by atoms with van der Waals surface area (Å²) < 4.78 is 6.54. The minimum Gasteiger partial charge on any atom is -0.422 e. The highest BCUT2D eigenvalue weighted by Gasteiger charge is 2.13. The average molecular weight is 436 g/mol. The van der Waals surface area contributed by atoms with Crippen molar-refractivity contribution in [2.24, 2.45) is 0 Å². The number of benzene rings is 2. The molecule has 2 heterocycles. The molecule has 7 nitrogen and oxygen atoms in total. The van der Waals surface area contributed by atoms with E-state index in [1.165, 1.54) is 16.8 Å². The van der Waals surface area contributed by atoms with Gasteiger partial charge in [0.05, 0.1) is 5.69 Å². The molecule has 2 aromatic heterocycles. The molecule has 1 N–H and O–H groups in total. The molecule has 0 radical (unpaired) electrons. The lowest BCUT2D eigenvalue weighted by Gasteiger charge is -2.08. The molecule has 0 aliphatic carbocycles. The van der Waals surface area contributed by atoms with Crippen LogP contribution in [0.5, 0.6) is 0 Å². The number of nitrogens with one attached hydrogen (secondary N) is 1. The second-order valence-corrected chi connectivity index (χ2v) is 7.32. The fourth-order valence-electron chi connectivity index (χ4n) is 3.13. The van der Waals surface area contributed by atoms with Gasteiger partial charge in [-0.1, -0.05) is 41.9 Å². The zero-order valence-electron chi connectivity index (χ0n) is 16.4. The maximum Gasteiger partial charge on any atom is 0.349 e. The highest BCUT2D eigenvalue weighted by Crippen LogP contribution is 2.18. The molecule has 156 valence electrons. The van der Waals surface area contributed by atoms with Crippen LogP contribution in [0.3, 0.4) is 0 Å². The SMILES string of the molecule is O=C(NCCCn1nc(-c2ccc(Cl)cc2)ccc1=O)c1cc2ccccc2oc1=O. The summed E-state index contributed by atoms with van der Waals surface area (Å²) in [7, 11) is 0. The molecule has 8 heteroatoms. The van der Waals surface area contributed by atoms with Gasteiger partial charge in [-0.15, -0.1) is 0 Å². The summed E-state index contributed by atoms with van der Waals surface area (Å²) in [6, 6.07) is 18.8. The van der Waals surface area contributed by atoms with E-state index in [0.29, 0.717) is 34.7 Å². The van der Waals surface area contributed by atoms with Crippen LogP contribution in [0.2, 0.25) is 5.02 Å². The van der Waals surface area contributed by atoms with Crippen LogP contribution < -0.4 is 16.5 Å². The molecule has 0 aliphatic heterocycles. The minimum absolute atomic E-state index is 0.0567. The second-order valence-electron chi connectivity index (χ2n) is 6.88. The Morgan fingerprint density at radius 3 is 2.61 bits per heavy atom. The molecule has 4 aromatic rings. The molecule has 1 amide bonds. The van der Waals surface area contributed by atoms with Gasteiger partial charge < -0.3 is 9.73 Å². The predicted molar refractivity (Wildman–Crippen MR) is 118 cm³/mol. The smallest absolute Gasteiger partial charge is 0.349 e. The zero-order chi connectivity index (χ0) is 21.8. The van der Waals surface area contributed by atoms with Crippen LogP contribution in [0.15, 0.2) is 80.7 Å². The van der Waals surface area contributed by atoms with Crippen LogP contribution in [-0.2, 0) is 6.54 Å². The topological polar surface area (TPSA) is 94.2 Å². The molecule has 0 spiro atoms. The van der Waals surface area contributed by atoms with Crippen LogP contribution in [0.4, 0.5) is 0 Å². The predicted octanol–water partition coefficient (Wildman–Crippen LogP) is 3.49. The maximum absolute atomic E-state index is 12.4. The average Bonchev–Trinajstić information content (AvgIpc) is 2.77. The maximum atomic E-state index is 12.4. The van der Waals surface area contributed by atoms with E-state index in [9.17, 15) is 14.4 Å². The molecule has 0 unspecified atom stereocenters. The number of hydrogen-bond donors (Lipinski definition) is 1. The number of halogens is 1. The molecule has 2 aromatic carbocycles. The lowest BCUT2D eigenvalue weighted by atomic mass is 10.1. The highest BCUT2D eigenvalue weighted by atomic mass is 35.5. The van der Waals surface area contributed by atoms with Crippen molar-refractivity contribution >= 4 is 28.5 Å². The first-order valence-corrected chi connectivity index (χ1v) is 10.0. The number of aryl methyl sites for hydroxylation is 1. The van der Waals surface area contributed by atoms with Gasteiger partial charge in [0.2, 0.25) is 0 Å². The quantitative estimate of drug-likeness (QED) is 0.369. The zero-order valence-corrected chi connectivity index (χ0v) is 17.1. The molecular weight excluding hydrogens is 418 g/mol. The second kappa shape index (κ2) is 8.97. The molecule has 0 saturated heterocycles. The van der Waals surface area contributed by atoms with Crippen molar-refractivity contribution < 1.29 is 9.21 Å². The Bertz CT molecular complexity index is 1360. The van der Waals surface area contributed by atoms with Crippen molar-refractivity contribution in [3.05, 3.63) is 98.1 Å². The van der Waals surface area contributed by atoms with E-state index in [4.69, 9.17) is 16.0 Å². The number of amides is 1. The Morgan fingerprint density at radius 2 is 1.81 bits per heavy atom. The molecule has 0 atom stereocenters. The van der Waals surface area contributed by atoms with E-state index < -0.39 is 11.5 Å². The van der Waals surface area contributed by atoms with Gasteiger partial charge in [-0.25, -0.2) is 9.48 Å². The van der Waals surface area contributed by atoms with Crippen molar-refractivity contribution in [2.75, 3.05) is 6.54 Å². The monoisotopic (exact) mass is 435 g/mol. The third-order valence-corrected chi connectivity index (χ3v) is 4.98. The summed E-state index contributed by atoms with van der Waals surface area (Å²) in [5, 5.41) is 8.36. The largest absolute Gasteiger partial charge is 0.422 e. The van der Waals surface area contributed by atoms with Gasteiger partial charge in [-0.2, -0.15) is 5.10 Å². The number of hydrogen-bond acceptors (Lipinski definition) is 5. The summed E-state index contributed by atoms with van der Waals surface area (Å²) in [6.07, 6.45) is 0.460. The van der Waals surface area contributed by atoms with E-state index in [1.54, 1.807) is 42.5 Å². The Balaban J connectivity index is 1.40. The van der Waals surface area contributed by atoms with Crippen LogP contribution in [0, 0.1) is 0 Å². The fraction of sp³-hybridized carbons (Fsp3) is 0.130. The highest BCUT2D eigenvalue weighted by molar-refractivity contribution is 6.30. The van der Waals surface area contributed by atoms with E-state index >= 15 is 0 Å². The van der Waals surface area contributed by atoms with Crippen molar-refractivity contribution in [3.63, 3.8) is 0 Å². The molecule has 0 aliphatic rings. The van der Waals surface area contributed by atoms with E-state index in [-0.39, 0.29) is 17.7 Å². The normalized spacial score (nSPS) is 10.9. The summed E-state index contributed by atoms with van der Waals surface area (Å²) in [6.45, 7) is 0.581. The fourth-order valence-corrected chi connectivity index (χ4v) is 3.26. The first-order chi connectivity index (χ1) is 15.0. The lowest BCUT2D eigenvalue weighted by Crippen LogP contribution is -2.30. The molecule has 31 heavy (non-hydrogen) atoms. The van der Waals surface area contributed by atoms with E-state index in [2.05, 4.69) is 10.4 Å². The standard InChI is InChI=1S/C23H18ClN3O4/c24-17-8-6-15(7-9-17)19-10-11-21(28)27(26-19)13-3-12-25-22(29)18-14-16-4-1-2-5-20(16)31-23(18)30/h1-2,4-11,14H,3,12-13H2,(H,25,29). The van der Waals surface area contributed by atoms with Gasteiger partial charge in [-0.3, -0.25) is 9.59 Å². The Morgan fingerprint density at radius 1 is 1.03 bits per heavy atom. The third kappa shape index (κ3) is 4.73. The summed E-state index contributed by atoms with van der Waals surface area (Å²) in [5.74, 6) is -0.519. The number of rotatable bonds is 6. The minimum atomic E-state index is -0.690. The van der Waals surface area contributed by atoms with Crippen LogP contribution in [0.1, 0.15) is 16.8 Å². The molecule has 0 fully saturated rings. The molecule has 4 rings (SSSR count). The van der Waals surface area contributed by atoms with Crippen molar-refractivity contribution in [2.45, 2.75) is 13.0 Å². The molecule has 0 bridgehead atoms. The van der Waals surface area contributed by atoms with Crippen molar-refractivity contribution in [1.82, 2.24) is 15.1 Å². The molecular formula is C23H18ClN3O4. The summed E-state index contributed by atoms with van der Waals surface area (Å²) in [5.41, 5.74) is 0.932. The van der Waals surface area contributed by atoms with Gasteiger partial charge in [0, 0.05) is 35.1 Å². The van der Waals surface area contributed by atoms with Crippen LogP contribution in [0.25, 0.3) is 22.2 Å². The Kier molecular flexibility index (Phi) is 5.95. The van der Waals surface area contributed by atoms with Gasteiger partial charge in [0.15, 0.2) is 0 Å². The van der Waals surface area contributed by atoms with Crippen molar-refractivity contribution in [3.8, 4) is 11.3 Å². The van der Waals surface area contributed by atoms with Gasteiger partial charge in [0.1, 0.15) is 11.1 Å². The Labute approximate surface area is 181 Å². The lowest BCUT2D eigenvalue weighted by molar-refractivity contribution is 0.0949. The summed E-state index contributed by atoms with van der Waals surface area (Å²) in [4.78, 5) is 36.6. The van der Waals surface area contributed by atoms with E-state index in [1.807, 2.05) is 12.1 Å². The third-order valence-electron chi connectivity index (χ3n) is 4.72. The summed E-state index contributed by atoms with van der Waals surface area (Å²) >= 11 is 5.91. The number of nitrogens with zero attached hydrogens (tertiary/aromatic N) is 2. The number of para-hydroxylation sites is 1.